The predicted molar refractivity (Wildman–Crippen MR) is 51.0 cm³/mol. The van der Waals surface area contributed by atoms with Gasteiger partial charge in [0, 0.05) is 0 Å². The number of hydrogen-bond acceptors (Lipinski definition) is 5. The third-order valence-corrected chi connectivity index (χ3v) is 2.98. The number of aromatic nitrogens is 2. The van der Waals surface area contributed by atoms with E-state index in [1.165, 1.54) is 0 Å². The molecule has 6 heteroatoms. The summed E-state index contributed by atoms with van der Waals surface area (Å²) in [6.45, 7) is 0.735. The molecule has 5 nitrogen and oxygen atoms in total. The maximum Gasteiger partial charge on any atom is 0.306 e. The van der Waals surface area contributed by atoms with Crippen molar-refractivity contribution in [2.45, 2.75) is 18.9 Å². The van der Waals surface area contributed by atoms with Gasteiger partial charge in [-0.1, -0.05) is 0 Å². The van der Waals surface area contributed by atoms with Crippen LogP contribution in [-0.4, -0.2) is 26.4 Å². The number of carboxylic acid groups (broad SMARTS) is 1. The van der Waals surface area contributed by atoms with Crippen molar-refractivity contribution in [3.63, 3.8) is 0 Å². The molecule has 2 atom stereocenters. The van der Waals surface area contributed by atoms with E-state index in [2.05, 4.69) is 14.1 Å². The SMILES string of the molecule is O=C(O)C1CCNC(c2cnsn2)C1. The van der Waals surface area contributed by atoms with E-state index in [-0.39, 0.29) is 12.0 Å². The van der Waals surface area contributed by atoms with Crippen molar-refractivity contribution in [3.8, 4) is 0 Å². The Morgan fingerprint density at radius 2 is 2.57 bits per heavy atom. The highest BCUT2D eigenvalue weighted by Gasteiger charge is 2.28. The van der Waals surface area contributed by atoms with E-state index < -0.39 is 5.97 Å². The van der Waals surface area contributed by atoms with Gasteiger partial charge in [-0.05, 0) is 19.4 Å². The van der Waals surface area contributed by atoms with Gasteiger partial charge in [-0.2, -0.15) is 8.75 Å². The highest BCUT2D eigenvalue weighted by Crippen LogP contribution is 2.26. The Balaban J connectivity index is 2.04. The molecule has 1 saturated heterocycles. The van der Waals surface area contributed by atoms with Crippen LogP contribution in [0.3, 0.4) is 0 Å². The first-order chi connectivity index (χ1) is 6.77. The molecule has 2 rings (SSSR count). The van der Waals surface area contributed by atoms with Gasteiger partial charge < -0.3 is 10.4 Å². The molecule has 2 N–H and O–H groups in total. The van der Waals surface area contributed by atoms with Crippen LogP contribution in [-0.2, 0) is 4.79 Å². The number of carbonyl (C=O) groups is 1. The van der Waals surface area contributed by atoms with E-state index >= 15 is 0 Å². The fourth-order valence-corrected chi connectivity index (χ4v) is 2.16. The van der Waals surface area contributed by atoms with E-state index in [1.54, 1.807) is 6.20 Å². The maximum absolute atomic E-state index is 10.8. The molecule has 1 aromatic rings. The molecule has 1 aliphatic heterocycles. The van der Waals surface area contributed by atoms with Crippen LogP contribution in [0.25, 0.3) is 0 Å². The molecule has 0 bridgehead atoms. The molecule has 1 aromatic heterocycles. The van der Waals surface area contributed by atoms with Gasteiger partial charge in [0.2, 0.25) is 0 Å². The number of nitrogens with one attached hydrogen (secondary N) is 1. The normalized spacial score (nSPS) is 27.4. The summed E-state index contributed by atoms with van der Waals surface area (Å²) < 4.78 is 8.02. The van der Waals surface area contributed by atoms with Gasteiger partial charge in [0.15, 0.2) is 0 Å². The molecule has 0 amide bonds. The van der Waals surface area contributed by atoms with E-state index in [0.29, 0.717) is 12.8 Å². The van der Waals surface area contributed by atoms with Crippen molar-refractivity contribution in [1.82, 2.24) is 14.1 Å². The second-order valence-electron chi connectivity index (χ2n) is 3.40. The summed E-state index contributed by atoms with van der Waals surface area (Å²) in [5, 5.41) is 12.1. The molecule has 0 saturated carbocycles. The minimum atomic E-state index is -0.709. The summed E-state index contributed by atoms with van der Waals surface area (Å²) in [6, 6.07) is 0.0589. The van der Waals surface area contributed by atoms with Gasteiger partial charge in [-0.25, -0.2) is 0 Å². The topological polar surface area (TPSA) is 75.1 Å². The molecule has 2 heterocycles. The van der Waals surface area contributed by atoms with Crippen LogP contribution in [0, 0.1) is 5.92 Å². The monoisotopic (exact) mass is 213 g/mol. The van der Waals surface area contributed by atoms with E-state index in [4.69, 9.17) is 5.11 Å². The Bertz CT molecular complexity index is 314. The Morgan fingerprint density at radius 3 is 3.21 bits per heavy atom. The fraction of sp³-hybridized carbons (Fsp3) is 0.625. The third kappa shape index (κ3) is 1.91. The van der Waals surface area contributed by atoms with Crippen LogP contribution in [0.2, 0.25) is 0 Å². The average molecular weight is 213 g/mol. The highest BCUT2D eigenvalue weighted by atomic mass is 32.1. The first kappa shape index (κ1) is 9.54. The van der Waals surface area contributed by atoms with Gasteiger partial charge in [0.25, 0.3) is 0 Å². The van der Waals surface area contributed by atoms with Crippen LogP contribution < -0.4 is 5.32 Å². The molecule has 14 heavy (non-hydrogen) atoms. The number of carboxylic acids is 1. The van der Waals surface area contributed by atoms with Gasteiger partial charge in [-0.15, -0.1) is 0 Å². The van der Waals surface area contributed by atoms with E-state index in [0.717, 1.165) is 24.0 Å². The second-order valence-corrected chi connectivity index (χ2v) is 3.96. The lowest BCUT2D eigenvalue weighted by molar-refractivity contribution is -0.143. The molecule has 0 spiro atoms. The summed E-state index contributed by atoms with van der Waals surface area (Å²) in [4.78, 5) is 10.8. The minimum absolute atomic E-state index is 0.0589. The summed E-state index contributed by atoms with van der Waals surface area (Å²) >= 11 is 1.16. The van der Waals surface area contributed by atoms with Crippen LogP contribution in [0.4, 0.5) is 0 Å². The summed E-state index contributed by atoms with van der Waals surface area (Å²) in [7, 11) is 0. The van der Waals surface area contributed by atoms with Crippen molar-refractivity contribution in [2.75, 3.05) is 6.54 Å². The van der Waals surface area contributed by atoms with Crippen LogP contribution in [0.15, 0.2) is 6.20 Å². The number of aliphatic carboxylic acids is 1. The lowest BCUT2D eigenvalue weighted by Gasteiger charge is -2.26. The van der Waals surface area contributed by atoms with Crippen LogP contribution in [0.1, 0.15) is 24.6 Å². The molecule has 2 unspecified atom stereocenters. The van der Waals surface area contributed by atoms with Crippen molar-refractivity contribution in [3.05, 3.63) is 11.9 Å². The Hall–Kier alpha value is -1.01. The molecule has 0 aliphatic carbocycles. The molecule has 0 aromatic carbocycles. The molecule has 0 radical (unpaired) electrons. The predicted octanol–water partition coefficient (Wildman–Crippen LogP) is 0.663. The van der Waals surface area contributed by atoms with Gasteiger partial charge in [-0.3, -0.25) is 4.79 Å². The maximum atomic E-state index is 10.8. The van der Waals surface area contributed by atoms with Crippen molar-refractivity contribution >= 4 is 17.7 Å². The van der Waals surface area contributed by atoms with Crippen LogP contribution >= 0.6 is 11.7 Å². The van der Waals surface area contributed by atoms with Gasteiger partial charge in [0.05, 0.1) is 35.6 Å². The molecule has 1 aliphatic rings. The lowest BCUT2D eigenvalue weighted by atomic mass is 9.91. The minimum Gasteiger partial charge on any atom is -0.481 e. The summed E-state index contributed by atoms with van der Waals surface area (Å²) in [5.74, 6) is -0.956. The van der Waals surface area contributed by atoms with Gasteiger partial charge >= 0.3 is 5.97 Å². The number of rotatable bonds is 2. The molecular formula is C8H11N3O2S. The largest absolute Gasteiger partial charge is 0.481 e. The highest BCUT2D eigenvalue weighted by molar-refractivity contribution is 6.99. The molecular weight excluding hydrogens is 202 g/mol. The van der Waals surface area contributed by atoms with Crippen molar-refractivity contribution < 1.29 is 9.90 Å². The first-order valence-electron chi connectivity index (χ1n) is 4.51. The second kappa shape index (κ2) is 4.02. The van der Waals surface area contributed by atoms with Crippen molar-refractivity contribution in [2.24, 2.45) is 5.92 Å². The zero-order valence-corrected chi connectivity index (χ0v) is 8.33. The number of nitrogens with zero attached hydrogens (tertiary/aromatic N) is 2. The smallest absolute Gasteiger partial charge is 0.306 e. The zero-order chi connectivity index (χ0) is 9.97. The summed E-state index contributed by atoms with van der Waals surface area (Å²) in [6.07, 6.45) is 3.01. The summed E-state index contributed by atoms with van der Waals surface area (Å²) in [5.41, 5.74) is 0.862. The quantitative estimate of drug-likeness (QED) is 0.755. The Labute approximate surface area is 85.5 Å². The van der Waals surface area contributed by atoms with Crippen LogP contribution in [0.5, 0.6) is 0 Å². The molecule has 1 fully saturated rings. The Morgan fingerprint density at radius 1 is 1.71 bits per heavy atom. The third-order valence-electron chi connectivity index (χ3n) is 2.49. The zero-order valence-electron chi connectivity index (χ0n) is 7.51. The fourth-order valence-electron chi connectivity index (χ4n) is 1.69. The standard InChI is InChI=1S/C8H11N3O2S/c12-8(13)5-1-2-9-6(3-5)7-4-10-14-11-7/h4-6,9H,1-3H2,(H,12,13). The Kier molecular flexibility index (Phi) is 2.74. The number of piperidine rings is 1. The average Bonchev–Trinajstić information content (AvgIpc) is 2.71. The van der Waals surface area contributed by atoms with E-state index in [1.807, 2.05) is 0 Å². The van der Waals surface area contributed by atoms with E-state index in [9.17, 15) is 4.79 Å². The lowest BCUT2D eigenvalue weighted by Crippen LogP contribution is -2.35. The number of hydrogen-bond donors (Lipinski definition) is 2. The van der Waals surface area contributed by atoms with Crippen molar-refractivity contribution in [1.29, 1.82) is 0 Å². The van der Waals surface area contributed by atoms with Gasteiger partial charge in [0.1, 0.15) is 0 Å². The first-order valence-corrected chi connectivity index (χ1v) is 5.24. The molecule has 76 valence electrons.